The first kappa shape index (κ1) is 22.6. The summed E-state index contributed by atoms with van der Waals surface area (Å²) in [4.78, 5) is 16.0. The summed E-state index contributed by atoms with van der Waals surface area (Å²) in [5.74, 6) is 0.892. The number of nitrogens with one attached hydrogen (secondary N) is 3. The molecule has 0 aromatic heterocycles. The van der Waals surface area contributed by atoms with E-state index in [0.29, 0.717) is 25.0 Å². The minimum Gasteiger partial charge on any atom is -0.383 e. The van der Waals surface area contributed by atoms with Gasteiger partial charge in [0.1, 0.15) is 6.54 Å². The van der Waals surface area contributed by atoms with Gasteiger partial charge in [-0.2, -0.15) is 0 Å². The number of aliphatic imine (C=N–C) groups is 1. The van der Waals surface area contributed by atoms with E-state index >= 15 is 0 Å². The van der Waals surface area contributed by atoms with Crippen molar-refractivity contribution in [1.29, 1.82) is 0 Å². The Hall–Kier alpha value is -1.35. The van der Waals surface area contributed by atoms with Crippen LogP contribution >= 0.6 is 24.0 Å². The summed E-state index contributed by atoms with van der Waals surface area (Å²) in [5.41, 5.74) is 1.27. The van der Waals surface area contributed by atoms with Gasteiger partial charge in [-0.25, -0.2) is 4.99 Å². The molecule has 1 atom stereocenters. The Morgan fingerprint density at radius 1 is 1.21 bits per heavy atom. The first-order valence-corrected chi connectivity index (χ1v) is 8.00. The third-order valence-electron chi connectivity index (χ3n) is 3.30. The molecule has 0 spiro atoms. The molecule has 0 radical (unpaired) electrons. The number of benzene rings is 1. The summed E-state index contributed by atoms with van der Waals surface area (Å²) in [6.07, 6.45) is 0. The molecule has 6 nitrogen and oxygen atoms in total. The molecule has 0 fully saturated rings. The molecule has 0 heterocycles. The number of hydrogen-bond donors (Lipinski definition) is 3. The maximum atomic E-state index is 11.7. The summed E-state index contributed by atoms with van der Waals surface area (Å²) in [5, 5.41) is 9.17. The third kappa shape index (κ3) is 9.71. The minimum atomic E-state index is -0.115. The van der Waals surface area contributed by atoms with Crippen LogP contribution in [0.15, 0.2) is 35.3 Å². The van der Waals surface area contributed by atoms with Crippen molar-refractivity contribution in [2.24, 2.45) is 4.99 Å². The number of carbonyl (C=O) groups is 1. The highest BCUT2D eigenvalue weighted by molar-refractivity contribution is 14.0. The summed E-state index contributed by atoms with van der Waals surface area (Å²) in [6.45, 7) is 6.75. The highest BCUT2D eigenvalue weighted by Gasteiger charge is 2.06. The largest absolute Gasteiger partial charge is 0.383 e. The maximum Gasteiger partial charge on any atom is 0.241 e. The number of rotatable bonds is 9. The van der Waals surface area contributed by atoms with Crippen LogP contribution < -0.4 is 16.0 Å². The fraction of sp³-hybridized carbons (Fsp3) is 0.529. The Kier molecular flexibility index (Phi) is 13.2. The lowest BCUT2D eigenvalue weighted by molar-refractivity contribution is -0.119. The van der Waals surface area contributed by atoms with Gasteiger partial charge < -0.3 is 20.7 Å². The molecule has 1 rings (SSSR count). The van der Waals surface area contributed by atoms with Gasteiger partial charge in [0.25, 0.3) is 0 Å². The van der Waals surface area contributed by atoms with Crippen molar-refractivity contribution >= 4 is 35.8 Å². The molecule has 0 bridgehead atoms. The highest BCUT2D eigenvalue weighted by Crippen LogP contribution is 2.12. The van der Waals surface area contributed by atoms with Crippen molar-refractivity contribution in [2.45, 2.75) is 19.8 Å². The molecule has 1 aromatic rings. The van der Waals surface area contributed by atoms with Crippen LogP contribution in [-0.4, -0.2) is 51.8 Å². The van der Waals surface area contributed by atoms with Crippen molar-refractivity contribution in [1.82, 2.24) is 16.0 Å². The van der Waals surface area contributed by atoms with Crippen LogP contribution in [0, 0.1) is 0 Å². The lowest BCUT2D eigenvalue weighted by Gasteiger charge is -2.16. The second-order valence-corrected chi connectivity index (χ2v) is 5.23. The van der Waals surface area contributed by atoms with Gasteiger partial charge in [0.15, 0.2) is 5.96 Å². The number of guanidine groups is 1. The summed E-state index contributed by atoms with van der Waals surface area (Å²) in [6, 6.07) is 10.3. The smallest absolute Gasteiger partial charge is 0.241 e. The standard InChI is InChI=1S/C17H28N4O2.HI/c1-4-18-17(21-13-16(22)19-10-11-23-3)20-12-14(2)15-8-6-5-7-9-15;/h5-9,14H,4,10-13H2,1-3H3,(H,19,22)(H2,18,20,21);1H. The number of ether oxygens (including phenoxy) is 1. The zero-order chi connectivity index (χ0) is 16.9. The number of halogens is 1. The van der Waals surface area contributed by atoms with Gasteiger partial charge in [0.2, 0.25) is 5.91 Å². The van der Waals surface area contributed by atoms with Crippen LogP contribution in [0.5, 0.6) is 0 Å². The highest BCUT2D eigenvalue weighted by atomic mass is 127. The Morgan fingerprint density at radius 2 is 1.92 bits per heavy atom. The SMILES string of the molecule is CCNC(=NCC(=O)NCCOC)NCC(C)c1ccccc1.I. The van der Waals surface area contributed by atoms with E-state index in [1.54, 1.807) is 7.11 Å². The molecule has 24 heavy (non-hydrogen) atoms. The second-order valence-electron chi connectivity index (χ2n) is 5.23. The number of hydrogen-bond acceptors (Lipinski definition) is 3. The zero-order valence-corrected chi connectivity index (χ0v) is 17.0. The quantitative estimate of drug-likeness (QED) is 0.233. The van der Waals surface area contributed by atoms with Crippen LogP contribution in [0.25, 0.3) is 0 Å². The topological polar surface area (TPSA) is 74.8 Å². The van der Waals surface area contributed by atoms with E-state index in [-0.39, 0.29) is 36.4 Å². The molecule has 0 aliphatic carbocycles. The molecule has 1 aromatic carbocycles. The molecular formula is C17H29IN4O2. The molecule has 1 amide bonds. The Balaban J connectivity index is 0.00000529. The lowest BCUT2D eigenvalue weighted by Crippen LogP contribution is -2.40. The van der Waals surface area contributed by atoms with Gasteiger partial charge in [0.05, 0.1) is 6.61 Å². The number of amides is 1. The van der Waals surface area contributed by atoms with Crippen molar-refractivity contribution < 1.29 is 9.53 Å². The summed E-state index contributed by atoms with van der Waals surface area (Å²) >= 11 is 0. The van der Waals surface area contributed by atoms with Gasteiger partial charge in [-0.3, -0.25) is 4.79 Å². The average Bonchev–Trinajstić information content (AvgIpc) is 2.58. The molecule has 0 aliphatic heterocycles. The lowest BCUT2D eigenvalue weighted by atomic mass is 10.0. The Bertz CT molecular complexity index is 483. The van der Waals surface area contributed by atoms with Crippen LogP contribution in [0.3, 0.4) is 0 Å². The van der Waals surface area contributed by atoms with Gasteiger partial charge in [-0.1, -0.05) is 37.3 Å². The van der Waals surface area contributed by atoms with Crippen molar-refractivity contribution in [3.8, 4) is 0 Å². The Morgan fingerprint density at radius 3 is 2.54 bits per heavy atom. The van der Waals surface area contributed by atoms with Gasteiger partial charge in [0, 0.05) is 26.7 Å². The van der Waals surface area contributed by atoms with E-state index in [9.17, 15) is 4.79 Å². The third-order valence-corrected chi connectivity index (χ3v) is 3.30. The number of methoxy groups -OCH3 is 1. The maximum absolute atomic E-state index is 11.7. The monoisotopic (exact) mass is 448 g/mol. The van der Waals surface area contributed by atoms with Crippen molar-refractivity contribution in [2.75, 3.05) is 39.9 Å². The predicted molar refractivity (Wildman–Crippen MR) is 109 cm³/mol. The predicted octanol–water partition coefficient (Wildman–Crippen LogP) is 1.73. The first-order chi connectivity index (χ1) is 11.2. The molecule has 7 heteroatoms. The molecule has 136 valence electrons. The van der Waals surface area contributed by atoms with Gasteiger partial charge >= 0.3 is 0 Å². The fourth-order valence-electron chi connectivity index (χ4n) is 1.99. The summed E-state index contributed by atoms with van der Waals surface area (Å²) < 4.78 is 4.89. The molecular weight excluding hydrogens is 419 g/mol. The van der Waals surface area contributed by atoms with E-state index in [4.69, 9.17) is 4.74 Å². The minimum absolute atomic E-state index is 0. The summed E-state index contributed by atoms with van der Waals surface area (Å²) in [7, 11) is 1.60. The van der Waals surface area contributed by atoms with Crippen LogP contribution in [0.2, 0.25) is 0 Å². The van der Waals surface area contributed by atoms with Crippen LogP contribution in [0.4, 0.5) is 0 Å². The first-order valence-electron chi connectivity index (χ1n) is 8.00. The van der Waals surface area contributed by atoms with Gasteiger partial charge in [-0.05, 0) is 18.4 Å². The molecule has 0 saturated heterocycles. The van der Waals surface area contributed by atoms with Crippen molar-refractivity contribution in [3.05, 3.63) is 35.9 Å². The zero-order valence-electron chi connectivity index (χ0n) is 14.7. The van der Waals surface area contributed by atoms with Crippen LogP contribution in [-0.2, 0) is 9.53 Å². The van der Waals surface area contributed by atoms with Gasteiger partial charge in [-0.15, -0.1) is 24.0 Å². The van der Waals surface area contributed by atoms with E-state index < -0.39 is 0 Å². The van der Waals surface area contributed by atoms with E-state index in [1.165, 1.54) is 5.56 Å². The normalized spacial score (nSPS) is 12.0. The molecule has 3 N–H and O–H groups in total. The number of carbonyl (C=O) groups excluding carboxylic acids is 1. The van der Waals surface area contributed by atoms with E-state index in [0.717, 1.165) is 13.1 Å². The molecule has 1 unspecified atom stereocenters. The average molecular weight is 448 g/mol. The Labute approximate surface area is 161 Å². The van der Waals surface area contributed by atoms with E-state index in [1.807, 2.05) is 25.1 Å². The van der Waals surface area contributed by atoms with Crippen LogP contribution in [0.1, 0.15) is 25.3 Å². The second kappa shape index (κ2) is 14.0. The number of nitrogens with zero attached hydrogens (tertiary/aromatic N) is 1. The fourth-order valence-corrected chi connectivity index (χ4v) is 1.99. The van der Waals surface area contributed by atoms with E-state index in [2.05, 4.69) is 40.0 Å². The van der Waals surface area contributed by atoms with Crippen molar-refractivity contribution in [3.63, 3.8) is 0 Å². The molecule has 0 saturated carbocycles. The molecule has 0 aliphatic rings.